The molecule has 0 saturated carbocycles. The molecule has 0 spiro atoms. The molecule has 1 unspecified atom stereocenters. The van der Waals surface area contributed by atoms with Crippen LogP contribution in [-0.4, -0.2) is 17.9 Å². The topological polar surface area (TPSA) is 29.5 Å². The van der Waals surface area contributed by atoms with E-state index < -0.39 is 11.8 Å². The zero-order chi connectivity index (χ0) is 14.0. The molecular weight excluding hydrogens is 313 g/mol. The summed E-state index contributed by atoms with van der Waals surface area (Å²) in [6.07, 6.45) is -4.10. The predicted octanol–water partition coefficient (Wildman–Crippen LogP) is 4.01. The third-order valence-corrected chi connectivity index (χ3v) is 2.97. The minimum Gasteiger partial charge on any atom is -0.493 e. The molecule has 0 aliphatic carbocycles. The Balaban J connectivity index is 3.24. The molecule has 0 bridgehead atoms. The van der Waals surface area contributed by atoms with Crippen molar-refractivity contribution in [1.29, 1.82) is 0 Å². The van der Waals surface area contributed by atoms with Crippen molar-refractivity contribution in [3.05, 3.63) is 28.2 Å². The van der Waals surface area contributed by atoms with Crippen LogP contribution in [0.1, 0.15) is 25.8 Å². The van der Waals surface area contributed by atoms with Crippen LogP contribution >= 0.6 is 15.9 Å². The van der Waals surface area contributed by atoms with E-state index in [1.54, 1.807) is 6.07 Å². The van der Waals surface area contributed by atoms with Crippen LogP contribution in [0.5, 0.6) is 5.75 Å². The van der Waals surface area contributed by atoms with Crippen molar-refractivity contribution in [2.75, 3.05) is 6.61 Å². The first-order valence-corrected chi connectivity index (χ1v) is 6.21. The van der Waals surface area contributed by atoms with Crippen molar-refractivity contribution in [2.24, 2.45) is 0 Å². The number of rotatable bonds is 4. The first kappa shape index (κ1) is 15.3. The first-order chi connectivity index (χ1) is 8.20. The summed E-state index contributed by atoms with van der Waals surface area (Å²) >= 11 is 3.09. The van der Waals surface area contributed by atoms with Crippen LogP contribution in [0.2, 0.25) is 0 Å². The van der Waals surface area contributed by atoms with Gasteiger partial charge in [0.05, 0.1) is 6.61 Å². The summed E-state index contributed by atoms with van der Waals surface area (Å²) in [6.45, 7) is 2.86. The van der Waals surface area contributed by atoms with Gasteiger partial charge in [0.25, 0.3) is 0 Å². The molecule has 1 atom stereocenters. The smallest absolute Gasteiger partial charge is 0.421 e. The van der Waals surface area contributed by atoms with E-state index in [4.69, 9.17) is 4.74 Å². The number of benzene rings is 1. The maximum atomic E-state index is 12.8. The van der Waals surface area contributed by atoms with Crippen LogP contribution < -0.4 is 4.74 Å². The number of hydrogen-bond donors (Lipinski definition) is 1. The number of hydrogen-bond acceptors (Lipinski definition) is 2. The second-order valence-electron chi connectivity index (χ2n) is 4.06. The molecule has 18 heavy (non-hydrogen) atoms. The summed E-state index contributed by atoms with van der Waals surface area (Å²) in [5.41, 5.74) is -3.24. The van der Waals surface area contributed by atoms with Crippen LogP contribution in [0, 0.1) is 0 Å². The van der Waals surface area contributed by atoms with E-state index >= 15 is 0 Å². The second kappa shape index (κ2) is 5.48. The van der Waals surface area contributed by atoms with Crippen molar-refractivity contribution in [2.45, 2.75) is 32.0 Å². The lowest BCUT2D eigenvalue weighted by molar-refractivity contribution is -0.259. The maximum absolute atomic E-state index is 12.8. The standard InChI is InChI=1S/C12H14BrF3O2/c1-3-6-18-10-5-4-8(13)7-9(10)11(2,17)12(14,15)16/h4-5,7,17H,3,6H2,1-2H3. The molecule has 102 valence electrons. The van der Waals surface area contributed by atoms with Crippen LogP contribution in [0.15, 0.2) is 22.7 Å². The second-order valence-corrected chi connectivity index (χ2v) is 4.97. The molecule has 0 saturated heterocycles. The fourth-order valence-corrected chi connectivity index (χ4v) is 1.73. The van der Waals surface area contributed by atoms with Crippen molar-refractivity contribution in [1.82, 2.24) is 0 Å². The minimum absolute atomic E-state index is 0.0439. The van der Waals surface area contributed by atoms with Crippen LogP contribution in [0.4, 0.5) is 13.2 Å². The molecule has 0 aromatic heterocycles. The van der Waals surface area contributed by atoms with Gasteiger partial charge in [-0.2, -0.15) is 13.2 Å². The van der Waals surface area contributed by atoms with E-state index in [1.807, 2.05) is 6.92 Å². The Labute approximate surface area is 112 Å². The van der Waals surface area contributed by atoms with Gasteiger partial charge in [-0.3, -0.25) is 0 Å². The van der Waals surface area contributed by atoms with Gasteiger partial charge >= 0.3 is 6.18 Å². The van der Waals surface area contributed by atoms with Gasteiger partial charge in [0, 0.05) is 10.0 Å². The minimum atomic E-state index is -4.77. The molecule has 0 aliphatic rings. The molecule has 1 aromatic carbocycles. The van der Waals surface area contributed by atoms with Gasteiger partial charge in [0.1, 0.15) is 5.75 Å². The van der Waals surface area contributed by atoms with Gasteiger partial charge in [0.2, 0.25) is 0 Å². The molecule has 0 heterocycles. The number of ether oxygens (including phenoxy) is 1. The fraction of sp³-hybridized carbons (Fsp3) is 0.500. The molecule has 0 aliphatic heterocycles. The van der Waals surface area contributed by atoms with E-state index in [1.165, 1.54) is 12.1 Å². The number of aliphatic hydroxyl groups is 1. The zero-order valence-corrected chi connectivity index (χ0v) is 11.6. The van der Waals surface area contributed by atoms with Crippen LogP contribution in [0.3, 0.4) is 0 Å². The average Bonchev–Trinajstić information content (AvgIpc) is 2.25. The largest absolute Gasteiger partial charge is 0.493 e. The lowest BCUT2D eigenvalue weighted by Gasteiger charge is -2.28. The van der Waals surface area contributed by atoms with E-state index in [9.17, 15) is 18.3 Å². The van der Waals surface area contributed by atoms with E-state index in [0.29, 0.717) is 24.4 Å². The van der Waals surface area contributed by atoms with E-state index in [0.717, 1.165) is 0 Å². The lowest BCUT2D eigenvalue weighted by atomic mass is 9.94. The van der Waals surface area contributed by atoms with Gasteiger partial charge in [-0.25, -0.2) is 0 Å². The third-order valence-electron chi connectivity index (χ3n) is 2.48. The highest BCUT2D eigenvalue weighted by molar-refractivity contribution is 9.10. The quantitative estimate of drug-likeness (QED) is 0.905. The Morgan fingerprint density at radius 3 is 2.44 bits per heavy atom. The normalized spacial score (nSPS) is 15.3. The van der Waals surface area contributed by atoms with E-state index in [-0.39, 0.29) is 11.3 Å². The maximum Gasteiger partial charge on any atom is 0.421 e. The molecular formula is C12H14BrF3O2. The molecule has 2 nitrogen and oxygen atoms in total. The molecule has 1 N–H and O–H groups in total. The van der Waals surface area contributed by atoms with E-state index in [2.05, 4.69) is 15.9 Å². The predicted molar refractivity (Wildman–Crippen MR) is 65.6 cm³/mol. The van der Waals surface area contributed by atoms with Crippen molar-refractivity contribution < 1.29 is 23.0 Å². The van der Waals surface area contributed by atoms with Gasteiger partial charge in [-0.15, -0.1) is 0 Å². The average molecular weight is 327 g/mol. The molecule has 0 fully saturated rings. The summed E-state index contributed by atoms with van der Waals surface area (Å²) < 4.78 is 44.2. The Morgan fingerprint density at radius 1 is 1.33 bits per heavy atom. The number of halogens is 4. The monoisotopic (exact) mass is 326 g/mol. The highest BCUT2D eigenvalue weighted by Gasteiger charge is 2.52. The van der Waals surface area contributed by atoms with Crippen molar-refractivity contribution in [3.8, 4) is 5.75 Å². The van der Waals surface area contributed by atoms with Crippen LogP contribution in [0.25, 0.3) is 0 Å². The summed E-state index contributed by atoms with van der Waals surface area (Å²) in [5.74, 6) is 0.0439. The van der Waals surface area contributed by atoms with Gasteiger partial charge in [-0.05, 0) is 31.5 Å². The van der Waals surface area contributed by atoms with Gasteiger partial charge < -0.3 is 9.84 Å². The Morgan fingerprint density at radius 2 is 1.94 bits per heavy atom. The summed E-state index contributed by atoms with van der Waals surface area (Å²) in [6, 6.07) is 4.20. The summed E-state index contributed by atoms with van der Waals surface area (Å²) in [5, 5.41) is 9.70. The SMILES string of the molecule is CCCOc1ccc(Br)cc1C(C)(O)C(F)(F)F. The molecule has 0 radical (unpaired) electrons. The number of alkyl halides is 3. The lowest BCUT2D eigenvalue weighted by Crippen LogP contribution is -2.39. The van der Waals surface area contributed by atoms with Crippen molar-refractivity contribution >= 4 is 15.9 Å². The van der Waals surface area contributed by atoms with Crippen molar-refractivity contribution in [3.63, 3.8) is 0 Å². The Bertz CT molecular complexity index is 416. The first-order valence-electron chi connectivity index (χ1n) is 5.42. The van der Waals surface area contributed by atoms with Gasteiger partial charge in [-0.1, -0.05) is 22.9 Å². The Hall–Kier alpha value is -0.750. The molecule has 6 heteroatoms. The highest BCUT2D eigenvalue weighted by atomic mass is 79.9. The fourth-order valence-electron chi connectivity index (χ4n) is 1.37. The van der Waals surface area contributed by atoms with Gasteiger partial charge in [0.15, 0.2) is 5.60 Å². The third kappa shape index (κ3) is 3.17. The molecule has 1 rings (SSSR count). The molecule has 1 aromatic rings. The molecule has 0 amide bonds. The summed E-state index contributed by atoms with van der Waals surface area (Å²) in [4.78, 5) is 0. The highest BCUT2D eigenvalue weighted by Crippen LogP contribution is 2.43. The Kier molecular flexibility index (Phi) is 4.66. The zero-order valence-electron chi connectivity index (χ0n) is 10.0. The summed E-state index contributed by atoms with van der Waals surface area (Å²) in [7, 11) is 0. The van der Waals surface area contributed by atoms with Crippen LogP contribution in [-0.2, 0) is 5.60 Å².